The van der Waals surface area contributed by atoms with Crippen molar-refractivity contribution in [3.8, 4) is 0 Å². The molecule has 3 N–H and O–H groups in total. The van der Waals surface area contributed by atoms with Crippen LogP contribution in [0, 0.1) is 46.3 Å². The molecular formula is C37H50O5. The zero-order valence-corrected chi connectivity index (χ0v) is 25.6. The number of aliphatic hydroxyl groups is 2. The van der Waals surface area contributed by atoms with Crippen LogP contribution in [0.5, 0.6) is 0 Å². The van der Waals surface area contributed by atoms with Crippen molar-refractivity contribution in [3.63, 3.8) is 0 Å². The van der Waals surface area contributed by atoms with E-state index in [0.29, 0.717) is 24.2 Å². The minimum Gasteiger partial charge on any atom is -0.481 e. The summed E-state index contributed by atoms with van der Waals surface area (Å²) in [4.78, 5) is 11.3. The van der Waals surface area contributed by atoms with Crippen LogP contribution in [0.15, 0.2) is 60.7 Å². The lowest BCUT2D eigenvalue weighted by Gasteiger charge is -2.63. The predicted molar refractivity (Wildman–Crippen MR) is 164 cm³/mol. The average Bonchev–Trinajstić information content (AvgIpc) is 3.35. The molecule has 42 heavy (non-hydrogen) atoms. The molecule has 0 bridgehead atoms. The van der Waals surface area contributed by atoms with E-state index in [2.05, 4.69) is 69.3 Å². The van der Waals surface area contributed by atoms with E-state index in [1.165, 1.54) is 11.1 Å². The van der Waals surface area contributed by atoms with Gasteiger partial charge < -0.3 is 20.1 Å². The van der Waals surface area contributed by atoms with Crippen molar-refractivity contribution in [2.24, 2.45) is 46.3 Å². The highest BCUT2D eigenvalue weighted by atomic mass is 16.5. The molecule has 0 radical (unpaired) electrons. The number of hydrogen-bond donors (Lipinski definition) is 3. The molecule has 5 nitrogen and oxygen atoms in total. The standard InChI is InChI=1S/C37H50O5/c1-23(14-17-33(40)41)28-15-16-29-34-30(22-32(39)37(28,29)3)36(2)19-18-27(20-26(36)21-31(34)38)42-35(24-10-6-4-7-11-24)25-12-8-5-9-13-25/h4-13,23,26-32,34-35,38-39H,14-22H2,1-3H3,(H,40,41)/t23-,26+,27-,28-,29+,30+,31-,32+,34+,36+,37-/m1/s1. The van der Waals surface area contributed by atoms with Crippen LogP contribution in [0.2, 0.25) is 0 Å². The molecule has 4 saturated carbocycles. The summed E-state index contributed by atoms with van der Waals surface area (Å²) in [7, 11) is 0. The molecule has 2 aromatic carbocycles. The smallest absolute Gasteiger partial charge is 0.303 e. The van der Waals surface area contributed by atoms with Gasteiger partial charge in [-0.05, 0) is 109 Å². The first kappa shape index (κ1) is 29.8. The second kappa shape index (κ2) is 11.7. The van der Waals surface area contributed by atoms with Crippen molar-refractivity contribution in [1.82, 2.24) is 0 Å². The molecule has 2 aromatic rings. The molecule has 0 spiro atoms. The van der Waals surface area contributed by atoms with Gasteiger partial charge in [-0.3, -0.25) is 4.79 Å². The SMILES string of the molecule is C[C@H](CCC(=O)O)[C@H]1CC[C@H]2[C@@H]3[C@H](O)C[C@@H]4C[C@H](OC(c5ccccc5)c5ccccc5)CC[C@]4(C)[C@H]3C[C@H](O)[C@]12C. The zero-order valence-electron chi connectivity index (χ0n) is 25.6. The Balaban J connectivity index is 1.20. The van der Waals surface area contributed by atoms with Crippen LogP contribution >= 0.6 is 0 Å². The number of aliphatic carboxylic acids is 1. The summed E-state index contributed by atoms with van der Waals surface area (Å²) in [6, 6.07) is 21.0. The molecule has 0 unspecified atom stereocenters. The molecule has 0 amide bonds. The molecule has 0 saturated heterocycles. The fourth-order valence-corrected chi connectivity index (χ4v) is 10.6. The van der Waals surface area contributed by atoms with Crippen molar-refractivity contribution in [2.45, 2.75) is 103 Å². The molecule has 4 fully saturated rings. The fourth-order valence-electron chi connectivity index (χ4n) is 10.6. The quantitative estimate of drug-likeness (QED) is 0.309. The Morgan fingerprint density at radius 1 is 0.905 bits per heavy atom. The minimum absolute atomic E-state index is 0.0774. The lowest BCUT2D eigenvalue weighted by Crippen LogP contribution is -2.62. The van der Waals surface area contributed by atoms with Crippen LogP contribution in [-0.4, -0.2) is 39.6 Å². The van der Waals surface area contributed by atoms with Gasteiger partial charge in [0.05, 0.1) is 18.3 Å². The number of carboxylic acid groups (broad SMARTS) is 1. The second-order valence-corrected chi connectivity index (χ2v) is 14.7. The van der Waals surface area contributed by atoms with E-state index in [4.69, 9.17) is 4.74 Å². The van der Waals surface area contributed by atoms with E-state index >= 15 is 0 Å². The highest BCUT2D eigenvalue weighted by Crippen LogP contribution is 2.68. The topological polar surface area (TPSA) is 87.0 Å². The van der Waals surface area contributed by atoms with Gasteiger partial charge in [0.1, 0.15) is 6.10 Å². The van der Waals surface area contributed by atoms with Gasteiger partial charge in [0, 0.05) is 6.42 Å². The van der Waals surface area contributed by atoms with Gasteiger partial charge in [0.2, 0.25) is 0 Å². The molecule has 228 valence electrons. The Hall–Kier alpha value is -2.21. The number of rotatable bonds is 8. The largest absolute Gasteiger partial charge is 0.481 e. The molecule has 4 aliphatic rings. The third-order valence-corrected chi connectivity index (χ3v) is 12.8. The minimum atomic E-state index is -0.745. The van der Waals surface area contributed by atoms with Gasteiger partial charge in [-0.1, -0.05) is 81.4 Å². The summed E-state index contributed by atoms with van der Waals surface area (Å²) in [6.45, 7) is 6.88. The number of ether oxygens (including phenoxy) is 1. The van der Waals surface area contributed by atoms with Crippen LogP contribution in [-0.2, 0) is 9.53 Å². The maximum absolute atomic E-state index is 11.9. The molecule has 0 aliphatic heterocycles. The van der Waals surface area contributed by atoms with Gasteiger partial charge in [-0.2, -0.15) is 0 Å². The zero-order chi connectivity index (χ0) is 29.6. The first-order valence-corrected chi connectivity index (χ1v) is 16.5. The maximum atomic E-state index is 11.9. The summed E-state index contributed by atoms with van der Waals surface area (Å²) in [5, 5.41) is 33.0. The Morgan fingerprint density at radius 3 is 2.17 bits per heavy atom. The lowest BCUT2D eigenvalue weighted by molar-refractivity contribution is -0.210. The van der Waals surface area contributed by atoms with Gasteiger partial charge >= 0.3 is 5.97 Å². The molecule has 5 heteroatoms. The van der Waals surface area contributed by atoms with E-state index < -0.39 is 12.1 Å². The van der Waals surface area contributed by atoms with E-state index in [1.54, 1.807) is 0 Å². The second-order valence-electron chi connectivity index (χ2n) is 14.7. The number of fused-ring (bicyclic) bond motifs is 5. The first-order chi connectivity index (χ1) is 20.1. The Labute approximate surface area is 251 Å². The van der Waals surface area contributed by atoms with E-state index in [-0.39, 0.29) is 53.3 Å². The number of aliphatic hydroxyl groups excluding tert-OH is 2. The Morgan fingerprint density at radius 2 is 1.55 bits per heavy atom. The van der Waals surface area contributed by atoms with Crippen LogP contribution < -0.4 is 0 Å². The number of hydrogen-bond acceptors (Lipinski definition) is 4. The number of benzene rings is 2. The average molecular weight is 575 g/mol. The Bertz CT molecular complexity index is 1180. The van der Waals surface area contributed by atoms with Crippen molar-refractivity contribution in [3.05, 3.63) is 71.8 Å². The summed E-state index contributed by atoms with van der Waals surface area (Å²) >= 11 is 0. The van der Waals surface area contributed by atoms with Crippen molar-refractivity contribution < 1.29 is 24.9 Å². The van der Waals surface area contributed by atoms with Gasteiger partial charge in [-0.25, -0.2) is 0 Å². The van der Waals surface area contributed by atoms with Crippen molar-refractivity contribution in [1.29, 1.82) is 0 Å². The maximum Gasteiger partial charge on any atom is 0.303 e. The highest BCUT2D eigenvalue weighted by Gasteiger charge is 2.65. The molecular weight excluding hydrogens is 524 g/mol. The monoisotopic (exact) mass is 574 g/mol. The lowest BCUT2D eigenvalue weighted by atomic mass is 9.43. The molecule has 11 atom stereocenters. The first-order valence-electron chi connectivity index (χ1n) is 16.5. The normalized spacial score (nSPS) is 40.1. The Kier molecular flexibility index (Phi) is 8.32. The summed E-state index contributed by atoms with van der Waals surface area (Å²) < 4.78 is 6.94. The summed E-state index contributed by atoms with van der Waals surface area (Å²) in [6.07, 6.45) is 6.66. The number of carbonyl (C=O) groups is 1. The van der Waals surface area contributed by atoms with Gasteiger partial charge in [0.25, 0.3) is 0 Å². The number of carboxylic acids is 1. The van der Waals surface area contributed by atoms with Gasteiger partial charge in [-0.15, -0.1) is 0 Å². The molecule has 0 aromatic heterocycles. The summed E-state index contributed by atoms with van der Waals surface area (Å²) in [5.41, 5.74) is 2.16. The third-order valence-electron chi connectivity index (χ3n) is 12.8. The van der Waals surface area contributed by atoms with Crippen LogP contribution in [0.3, 0.4) is 0 Å². The van der Waals surface area contributed by atoms with E-state index in [9.17, 15) is 20.1 Å². The third kappa shape index (κ3) is 5.14. The molecule has 6 rings (SSSR count). The van der Waals surface area contributed by atoms with E-state index in [0.717, 1.165) is 44.9 Å². The van der Waals surface area contributed by atoms with E-state index in [1.807, 2.05) is 12.1 Å². The highest BCUT2D eigenvalue weighted by molar-refractivity contribution is 5.66. The van der Waals surface area contributed by atoms with Crippen molar-refractivity contribution >= 4 is 5.97 Å². The van der Waals surface area contributed by atoms with Crippen LogP contribution in [0.4, 0.5) is 0 Å². The van der Waals surface area contributed by atoms with Gasteiger partial charge in [0.15, 0.2) is 0 Å². The predicted octanol–water partition coefficient (Wildman–Crippen LogP) is 7.26. The summed E-state index contributed by atoms with van der Waals surface area (Å²) in [5.74, 6) is 0.955. The fraction of sp³-hybridized carbons (Fsp3) is 0.649. The van der Waals surface area contributed by atoms with Crippen LogP contribution in [0.25, 0.3) is 0 Å². The molecule has 0 heterocycles. The van der Waals surface area contributed by atoms with Crippen molar-refractivity contribution in [2.75, 3.05) is 0 Å². The molecule has 4 aliphatic carbocycles. The van der Waals surface area contributed by atoms with Crippen LogP contribution in [0.1, 0.15) is 95.8 Å².